The molecule has 0 bridgehead atoms. The van der Waals surface area contributed by atoms with Crippen LogP contribution >= 0.6 is 0 Å². The highest BCUT2D eigenvalue weighted by atomic mass is 19.1. The van der Waals surface area contributed by atoms with E-state index in [0.29, 0.717) is 28.7 Å². The van der Waals surface area contributed by atoms with E-state index in [0.717, 1.165) is 25.7 Å². The zero-order valence-electron chi connectivity index (χ0n) is 17.3. The van der Waals surface area contributed by atoms with Crippen molar-refractivity contribution in [1.29, 1.82) is 0 Å². The van der Waals surface area contributed by atoms with Gasteiger partial charge in [-0.3, -0.25) is 4.40 Å². The molecule has 0 atom stereocenters. The maximum Gasteiger partial charge on any atom is 0.223 e. The van der Waals surface area contributed by atoms with Crippen molar-refractivity contribution in [2.45, 2.75) is 37.8 Å². The normalized spacial score (nSPS) is 18.6. The molecule has 0 unspecified atom stereocenters. The van der Waals surface area contributed by atoms with E-state index in [9.17, 15) is 8.78 Å². The summed E-state index contributed by atoms with van der Waals surface area (Å²) in [5.74, 6) is -0.486. The molecule has 0 aliphatic heterocycles. The predicted octanol–water partition coefficient (Wildman–Crippen LogP) is 4.49. The molecule has 164 valence electrons. The number of nitrogens with one attached hydrogen (secondary N) is 2. The van der Waals surface area contributed by atoms with Crippen LogP contribution in [0.2, 0.25) is 0 Å². The molecule has 4 N–H and O–H groups in total. The standard InChI is InChI=1S/C23H23F2N7/c24-14-2-1-3-17(10-14)29-18-8-9-21-27-12-20(32(21)13-18)22-19(25)11-28-23(31-22)30-16-6-4-15(26)5-7-16/h1-3,8-13,15-16,29H,4-7,26H2,(H,28,30,31). The summed E-state index contributed by atoms with van der Waals surface area (Å²) < 4.78 is 30.0. The summed E-state index contributed by atoms with van der Waals surface area (Å²) in [7, 11) is 0. The van der Waals surface area contributed by atoms with Gasteiger partial charge < -0.3 is 16.4 Å². The van der Waals surface area contributed by atoms with Crippen LogP contribution < -0.4 is 16.4 Å². The van der Waals surface area contributed by atoms with Crippen molar-refractivity contribution in [2.24, 2.45) is 5.73 Å². The molecule has 1 aliphatic carbocycles. The number of rotatable bonds is 5. The Morgan fingerprint density at radius 1 is 0.969 bits per heavy atom. The zero-order chi connectivity index (χ0) is 22.1. The Morgan fingerprint density at radius 3 is 2.62 bits per heavy atom. The number of pyridine rings is 1. The Bertz CT molecular complexity index is 1250. The van der Waals surface area contributed by atoms with E-state index in [1.165, 1.54) is 18.3 Å². The minimum atomic E-state index is -0.536. The Hall–Kier alpha value is -3.59. The topological polar surface area (TPSA) is 93.2 Å². The quantitative estimate of drug-likeness (QED) is 0.428. The SMILES string of the molecule is NC1CCC(Nc2ncc(F)c(-c3cnc4ccc(Nc5cccc(F)c5)cn34)n2)CC1. The van der Waals surface area contributed by atoms with Gasteiger partial charge in [-0.15, -0.1) is 0 Å². The third kappa shape index (κ3) is 4.24. The highest BCUT2D eigenvalue weighted by Crippen LogP contribution is 2.26. The number of nitrogens with two attached hydrogens (primary N) is 1. The van der Waals surface area contributed by atoms with Gasteiger partial charge in [0.05, 0.1) is 23.8 Å². The molecule has 7 nitrogen and oxygen atoms in total. The van der Waals surface area contributed by atoms with Crippen LogP contribution in [0.15, 0.2) is 55.0 Å². The van der Waals surface area contributed by atoms with Gasteiger partial charge in [-0.05, 0) is 56.0 Å². The maximum atomic E-state index is 14.7. The Morgan fingerprint density at radius 2 is 1.81 bits per heavy atom. The van der Waals surface area contributed by atoms with Crippen LogP contribution in [0.3, 0.4) is 0 Å². The number of nitrogens with zero attached hydrogens (tertiary/aromatic N) is 4. The van der Waals surface area contributed by atoms with Crippen molar-refractivity contribution in [3.63, 3.8) is 0 Å². The second kappa shape index (κ2) is 8.51. The lowest BCUT2D eigenvalue weighted by Crippen LogP contribution is -2.33. The van der Waals surface area contributed by atoms with E-state index in [4.69, 9.17) is 5.73 Å². The molecule has 3 heterocycles. The van der Waals surface area contributed by atoms with Crippen LogP contribution in [0.5, 0.6) is 0 Å². The molecule has 5 rings (SSSR count). The first-order valence-corrected chi connectivity index (χ1v) is 10.6. The lowest BCUT2D eigenvalue weighted by molar-refractivity contribution is 0.409. The summed E-state index contributed by atoms with van der Waals surface area (Å²) in [5.41, 5.74) is 8.58. The average Bonchev–Trinajstić information content (AvgIpc) is 3.20. The monoisotopic (exact) mass is 435 g/mol. The van der Waals surface area contributed by atoms with Gasteiger partial charge in [0, 0.05) is 24.0 Å². The van der Waals surface area contributed by atoms with Gasteiger partial charge in [0.1, 0.15) is 17.2 Å². The molecule has 3 aromatic heterocycles. The highest BCUT2D eigenvalue weighted by molar-refractivity contribution is 5.66. The maximum absolute atomic E-state index is 14.7. The van der Waals surface area contributed by atoms with Gasteiger partial charge in [0.25, 0.3) is 0 Å². The molecule has 1 fully saturated rings. The molecule has 0 spiro atoms. The fraction of sp³-hybridized carbons (Fsp3) is 0.261. The highest BCUT2D eigenvalue weighted by Gasteiger charge is 2.20. The van der Waals surface area contributed by atoms with Gasteiger partial charge in [-0.25, -0.2) is 23.7 Å². The molecule has 32 heavy (non-hydrogen) atoms. The van der Waals surface area contributed by atoms with Gasteiger partial charge in [0.15, 0.2) is 5.82 Å². The lowest BCUT2D eigenvalue weighted by atomic mass is 9.92. The minimum absolute atomic E-state index is 0.158. The van der Waals surface area contributed by atoms with E-state index >= 15 is 0 Å². The Labute approximate surface area is 183 Å². The largest absolute Gasteiger partial charge is 0.354 e. The van der Waals surface area contributed by atoms with Crippen LogP contribution in [-0.4, -0.2) is 31.4 Å². The van der Waals surface area contributed by atoms with Gasteiger partial charge in [-0.1, -0.05) is 6.07 Å². The Balaban J connectivity index is 1.44. The van der Waals surface area contributed by atoms with Crippen LogP contribution in [-0.2, 0) is 0 Å². The predicted molar refractivity (Wildman–Crippen MR) is 120 cm³/mol. The van der Waals surface area contributed by atoms with E-state index in [1.807, 2.05) is 6.07 Å². The summed E-state index contributed by atoms with van der Waals surface area (Å²) in [4.78, 5) is 12.9. The van der Waals surface area contributed by atoms with Gasteiger partial charge >= 0.3 is 0 Å². The minimum Gasteiger partial charge on any atom is -0.354 e. The van der Waals surface area contributed by atoms with Crippen molar-refractivity contribution in [3.05, 3.63) is 66.6 Å². The van der Waals surface area contributed by atoms with Crippen molar-refractivity contribution >= 4 is 23.0 Å². The molecule has 9 heteroatoms. The summed E-state index contributed by atoms with van der Waals surface area (Å²) in [5, 5.41) is 6.46. The van der Waals surface area contributed by atoms with Crippen LogP contribution in [0, 0.1) is 11.6 Å². The number of halogens is 2. The Kier molecular flexibility index (Phi) is 5.40. The third-order valence-electron chi connectivity index (χ3n) is 5.71. The van der Waals surface area contributed by atoms with Gasteiger partial charge in [0.2, 0.25) is 5.95 Å². The van der Waals surface area contributed by atoms with Crippen LogP contribution in [0.1, 0.15) is 25.7 Å². The number of hydrogen-bond acceptors (Lipinski definition) is 6. The van der Waals surface area contributed by atoms with E-state index in [2.05, 4.69) is 25.6 Å². The van der Waals surface area contributed by atoms with Crippen molar-refractivity contribution in [1.82, 2.24) is 19.4 Å². The van der Waals surface area contributed by atoms with Crippen molar-refractivity contribution in [2.75, 3.05) is 10.6 Å². The molecule has 1 aromatic carbocycles. The first-order chi connectivity index (χ1) is 15.5. The molecular weight excluding hydrogens is 412 g/mol. The average molecular weight is 435 g/mol. The fourth-order valence-electron chi connectivity index (χ4n) is 4.03. The van der Waals surface area contributed by atoms with Gasteiger partial charge in [-0.2, -0.15) is 0 Å². The molecule has 1 saturated carbocycles. The zero-order valence-corrected chi connectivity index (χ0v) is 17.3. The second-order valence-electron chi connectivity index (χ2n) is 8.07. The summed E-state index contributed by atoms with van der Waals surface area (Å²) in [6, 6.07) is 10.3. The fourth-order valence-corrected chi connectivity index (χ4v) is 4.03. The number of hydrogen-bond donors (Lipinski definition) is 3. The number of benzene rings is 1. The van der Waals surface area contributed by atoms with E-state index in [1.54, 1.807) is 35.0 Å². The number of anilines is 3. The summed E-state index contributed by atoms with van der Waals surface area (Å²) in [6.45, 7) is 0. The second-order valence-corrected chi connectivity index (χ2v) is 8.07. The number of fused-ring (bicyclic) bond motifs is 1. The van der Waals surface area contributed by atoms with Crippen LogP contribution in [0.4, 0.5) is 26.1 Å². The number of imidazole rings is 1. The van der Waals surface area contributed by atoms with E-state index in [-0.39, 0.29) is 23.6 Å². The van der Waals surface area contributed by atoms with E-state index < -0.39 is 5.82 Å². The smallest absolute Gasteiger partial charge is 0.223 e. The molecule has 0 saturated heterocycles. The molecule has 0 amide bonds. The third-order valence-corrected chi connectivity index (χ3v) is 5.71. The summed E-state index contributed by atoms with van der Waals surface area (Å²) in [6.07, 6.45) is 8.29. The molecule has 1 aliphatic rings. The van der Waals surface area contributed by atoms with Crippen molar-refractivity contribution in [3.8, 4) is 11.4 Å². The molecule has 4 aromatic rings. The molecule has 0 radical (unpaired) electrons. The van der Waals surface area contributed by atoms with Crippen LogP contribution in [0.25, 0.3) is 17.0 Å². The number of aromatic nitrogens is 4. The molecular formula is C23H23F2N7. The first-order valence-electron chi connectivity index (χ1n) is 10.6. The lowest BCUT2D eigenvalue weighted by Gasteiger charge is -2.26. The van der Waals surface area contributed by atoms with Crippen molar-refractivity contribution < 1.29 is 8.78 Å². The summed E-state index contributed by atoms with van der Waals surface area (Å²) >= 11 is 0. The first kappa shape index (κ1) is 20.3.